The van der Waals surface area contributed by atoms with Crippen LogP contribution in [0.4, 0.5) is 0 Å². The van der Waals surface area contributed by atoms with Crippen molar-refractivity contribution in [2.75, 3.05) is 19.8 Å². The summed E-state index contributed by atoms with van der Waals surface area (Å²) in [5.41, 5.74) is 5.72. The zero-order chi connectivity index (χ0) is 8.32. The van der Waals surface area contributed by atoms with E-state index in [1.54, 1.807) is 0 Å². The molecule has 1 saturated carbocycles. The SMILES string of the molecule is CC(C)(CN)COCC1CC1. The van der Waals surface area contributed by atoms with Gasteiger partial charge in [0, 0.05) is 12.0 Å². The number of hydrogen-bond donors (Lipinski definition) is 1. The summed E-state index contributed by atoms with van der Waals surface area (Å²) in [6.07, 6.45) is 2.73. The molecular weight excluding hydrogens is 138 g/mol. The molecule has 0 amide bonds. The molecule has 0 saturated heterocycles. The molecule has 1 fully saturated rings. The minimum atomic E-state index is 0.162. The predicted molar refractivity (Wildman–Crippen MR) is 46.4 cm³/mol. The fraction of sp³-hybridized carbons (Fsp3) is 1.00. The zero-order valence-corrected chi connectivity index (χ0v) is 7.60. The van der Waals surface area contributed by atoms with E-state index in [1.807, 2.05) is 0 Å². The van der Waals surface area contributed by atoms with Crippen LogP contribution in [0.5, 0.6) is 0 Å². The molecular formula is C9H19NO. The molecule has 1 aliphatic carbocycles. The molecule has 0 atom stereocenters. The van der Waals surface area contributed by atoms with E-state index in [0.717, 1.165) is 19.1 Å². The van der Waals surface area contributed by atoms with Gasteiger partial charge in [0.2, 0.25) is 0 Å². The minimum Gasteiger partial charge on any atom is -0.381 e. The second kappa shape index (κ2) is 3.55. The first-order valence-corrected chi connectivity index (χ1v) is 4.42. The predicted octanol–water partition coefficient (Wildman–Crippen LogP) is 1.40. The molecule has 1 aliphatic rings. The highest BCUT2D eigenvalue weighted by Gasteiger charge is 2.23. The Kier molecular flexibility index (Phi) is 2.90. The van der Waals surface area contributed by atoms with Gasteiger partial charge in [0.25, 0.3) is 0 Å². The first-order valence-electron chi connectivity index (χ1n) is 4.42. The third kappa shape index (κ3) is 3.73. The fourth-order valence-corrected chi connectivity index (χ4v) is 0.845. The Hall–Kier alpha value is -0.0800. The van der Waals surface area contributed by atoms with Gasteiger partial charge in [-0.15, -0.1) is 0 Å². The lowest BCUT2D eigenvalue weighted by Gasteiger charge is -2.21. The van der Waals surface area contributed by atoms with Crippen molar-refractivity contribution in [1.82, 2.24) is 0 Å². The van der Waals surface area contributed by atoms with Crippen molar-refractivity contribution in [2.24, 2.45) is 17.1 Å². The van der Waals surface area contributed by atoms with Gasteiger partial charge in [-0.25, -0.2) is 0 Å². The van der Waals surface area contributed by atoms with Crippen molar-refractivity contribution in [3.05, 3.63) is 0 Å². The average molecular weight is 157 g/mol. The second-order valence-corrected chi connectivity index (χ2v) is 4.33. The molecule has 0 aromatic heterocycles. The fourth-order valence-electron chi connectivity index (χ4n) is 0.845. The molecule has 0 radical (unpaired) electrons. The van der Waals surface area contributed by atoms with Crippen LogP contribution in [-0.4, -0.2) is 19.8 Å². The van der Waals surface area contributed by atoms with Crippen molar-refractivity contribution in [3.8, 4) is 0 Å². The van der Waals surface area contributed by atoms with Crippen LogP contribution in [0.25, 0.3) is 0 Å². The summed E-state index contributed by atoms with van der Waals surface area (Å²) in [4.78, 5) is 0. The van der Waals surface area contributed by atoms with Crippen molar-refractivity contribution in [3.63, 3.8) is 0 Å². The van der Waals surface area contributed by atoms with E-state index < -0.39 is 0 Å². The van der Waals surface area contributed by atoms with Gasteiger partial charge in [0.1, 0.15) is 0 Å². The first kappa shape index (κ1) is 9.01. The van der Waals surface area contributed by atoms with Crippen molar-refractivity contribution >= 4 is 0 Å². The van der Waals surface area contributed by atoms with Gasteiger partial charge in [0.15, 0.2) is 0 Å². The molecule has 1 rings (SSSR count). The summed E-state index contributed by atoms with van der Waals surface area (Å²) in [6.45, 7) is 6.74. The van der Waals surface area contributed by atoms with Crippen molar-refractivity contribution in [1.29, 1.82) is 0 Å². The standard InChI is InChI=1S/C9H19NO/c1-9(2,6-10)7-11-5-8-3-4-8/h8H,3-7,10H2,1-2H3. The Labute approximate surface area is 69.1 Å². The summed E-state index contributed by atoms with van der Waals surface area (Å²) in [5, 5.41) is 0. The monoisotopic (exact) mass is 157 g/mol. The van der Waals surface area contributed by atoms with Crippen LogP contribution >= 0.6 is 0 Å². The van der Waals surface area contributed by atoms with Gasteiger partial charge in [-0.3, -0.25) is 0 Å². The lowest BCUT2D eigenvalue weighted by molar-refractivity contribution is 0.0598. The smallest absolute Gasteiger partial charge is 0.0529 e. The number of nitrogens with two attached hydrogens (primary N) is 1. The summed E-state index contributed by atoms with van der Waals surface area (Å²) in [5.74, 6) is 0.864. The van der Waals surface area contributed by atoms with E-state index in [-0.39, 0.29) is 5.41 Å². The highest BCUT2D eigenvalue weighted by Crippen LogP contribution is 2.29. The van der Waals surface area contributed by atoms with Gasteiger partial charge in [0.05, 0.1) is 6.61 Å². The summed E-state index contributed by atoms with van der Waals surface area (Å²) < 4.78 is 5.53. The molecule has 0 aromatic carbocycles. The third-order valence-corrected chi connectivity index (χ3v) is 2.10. The number of ether oxygens (including phenoxy) is 1. The molecule has 0 unspecified atom stereocenters. The number of rotatable bonds is 5. The van der Waals surface area contributed by atoms with E-state index in [4.69, 9.17) is 10.5 Å². The topological polar surface area (TPSA) is 35.2 Å². The van der Waals surface area contributed by atoms with E-state index in [9.17, 15) is 0 Å². The lowest BCUT2D eigenvalue weighted by atomic mass is 9.95. The molecule has 2 nitrogen and oxygen atoms in total. The molecule has 0 heterocycles. The number of hydrogen-bond acceptors (Lipinski definition) is 2. The van der Waals surface area contributed by atoms with Crippen LogP contribution in [0.1, 0.15) is 26.7 Å². The molecule has 11 heavy (non-hydrogen) atoms. The van der Waals surface area contributed by atoms with Crippen LogP contribution < -0.4 is 5.73 Å². The first-order chi connectivity index (χ1) is 5.14. The van der Waals surface area contributed by atoms with E-state index in [0.29, 0.717) is 6.54 Å². The maximum absolute atomic E-state index is 5.56. The summed E-state index contributed by atoms with van der Waals surface area (Å²) in [6, 6.07) is 0. The molecule has 0 bridgehead atoms. The largest absolute Gasteiger partial charge is 0.381 e. The normalized spacial score (nSPS) is 18.8. The van der Waals surface area contributed by atoms with Crippen LogP contribution in [0.3, 0.4) is 0 Å². The highest BCUT2D eigenvalue weighted by molar-refractivity contribution is 4.73. The Morgan fingerprint density at radius 1 is 1.45 bits per heavy atom. The van der Waals surface area contributed by atoms with Crippen molar-refractivity contribution in [2.45, 2.75) is 26.7 Å². The average Bonchev–Trinajstić information content (AvgIpc) is 2.71. The van der Waals surface area contributed by atoms with Gasteiger partial charge < -0.3 is 10.5 Å². The molecule has 2 N–H and O–H groups in total. The van der Waals surface area contributed by atoms with Gasteiger partial charge in [-0.05, 0) is 25.3 Å². The quantitative estimate of drug-likeness (QED) is 0.654. The third-order valence-electron chi connectivity index (χ3n) is 2.10. The Morgan fingerprint density at radius 2 is 2.09 bits per heavy atom. The van der Waals surface area contributed by atoms with Crippen LogP contribution in [0.2, 0.25) is 0 Å². The van der Waals surface area contributed by atoms with Crippen LogP contribution in [-0.2, 0) is 4.74 Å². The van der Waals surface area contributed by atoms with Crippen LogP contribution in [0.15, 0.2) is 0 Å². The highest BCUT2D eigenvalue weighted by atomic mass is 16.5. The summed E-state index contributed by atoms with van der Waals surface area (Å²) >= 11 is 0. The maximum Gasteiger partial charge on any atom is 0.0529 e. The van der Waals surface area contributed by atoms with Gasteiger partial charge in [-0.1, -0.05) is 13.8 Å². The molecule has 66 valence electrons. The molecule has 2 heteroatoms. The van der Waals surface area contributed by atoms with E-state index in [2.05, 4.69) is 13.8 Å². The van der Waals surface area contributed by atoms with Gasteiger partial charge in [-0.2, -0.15) is 0 Å². The van der Waals surface area contributed by atoms with E-state index in [1.165, 1.54) is 12.8 Å². The minimum absolute atomic E-state index is 0.162. The molecule has 0 aromatic rings. The molecule has 0 spiro atoms. The zero-order valence-electron chi connectivity index (χ0n) is 7.60. The van der Waals surface area contributed by atoms with E-state index >= 15 is 0 Å². The summed E-state index contributed by atoms with van der Waals surface area (Å²) in [7, 11) is 0. The Bertz CT molecular complexity index is 119. The van der Waals surface area contributed by atoms with Gasteiger partial charge >= 0.3 is 0 Å². The lowest BCUT2D eigenvalue weighted by Crippen LogP contribution is -2.29. The Balaban J connectivity index is 1.99. The molecule has 0 aliphatic heterocycles. The second-order valence-electron chi connectivity index (χ2n) is 4.33. The Morgan fingerprint density at radius 3 is 2.55 bits per heavy atom. The van der Waals surface area contributed by atoms with Crippen LogP contribution in [0, 0.1) is 11.3 Å². The maximum atomic E-state index is 5.56. The van der Waals surface area contributed by atoms with Crippen molar-refractivity contribution < 1.29 is 4.74 Å².